The third-order valence-electron chi connectivity index (χ3n) is 3.43. The van der Waals surface area contributed by atoms with E-state index in [1.807, 2.05) is 18.2 Å². The van der Waals surface area contributed by atoms with Gasteiger partial charge in [-0.1, -0.05) is 0 Å². The number of ether oxygens (including phenoxy) is 1. The van der Waals surface area contributed by atoms with Crippen molar-refractivity contribution in [3.05, 3.63) is 24.5 Å². The van der Waals surface area contributed by atoms with Gasteiger partial charge in [0.05, 0.1) is 18.2 Å². The molecular weight excluding hydrogens is 228 g/mol. The van der Waals surface area contributed by atoms with Crippen molar-refractivity contribution in [1.29, 1.82) is 0 Å². The molecule has 0 spiro atoms. The number of nitrogen functional groups attached to an aromatic ring is 1. The molecule has 1 aliphatic rings. The maximum atomic E-state index is 5.78. The number of aromatic nitrogens is 2. The summed E-state index contributed by atoms with van der Waals surface area (Å²) in [6, 6.07) is 6.13. The third-order valence-corrected chi connectivity index (χ3v) is 3.43. The minimum atomic E-state index is 0.389. The lowest BCUT2D eigenvalue weighted by molar-refractivity contribution is 0.193. The predicted molar refractivity (Wildman–Crippen MR) is 71.6 cm³/mol. The van der Waals surface area contributed by atoms with E-state index in [9.17, 15) is 0 Å². The van der Waals surface area contributed by atoms with Gasteiger partial charge in [0.15, 0.2) is 0 Å². The van der Waals surface area contributed by atoms with Gasteiger partial charge in [0.1, 0.15) is 12.1 Å². The average molecular weight is 244 g/mol. The zero-order valence-corrected chi connectivity index (χ0v) is 10.3. The van der Waals surface area contributed by atoms with Gasteiger partial charge in [-0.25, -0.2) is 9.97 Å². The fraction of sp³-hybridized carbons (Fsp3) is 0.385. The molecule has 0 aliphatic carbocycles. The number of nitrogens with two attached hydrogens (primary N) is 1. The molecule has 2 heterocycles. The van der Waals surface area contributed by atoms with E-state index in [4.69, 9.17) is 10.5 Å². The molecule has 1 aromatic carbocycles. The van der Waals surface area contributed by atoms with Crippen molar-refractivity contribution in [2.45, 2.75) is 12.5 Å². The van der Waals surface area contributed by atoms with Crippen molar-refractivity contribution in [2.75, 3.05) is 30.9 Å². The first-order chi connectivity index (χ1) is 8.75. The molecule has 1 unspecified atom stereocenters. The highest BCUT2D eigenvalue weighted by atomic mass is 16.5. The molecule has 1 aliphatic heterocycles. The lowest BCUT2D eigenvalue weighted by atomic mass is 10.1. The standard InChI is InChI=1S/C13H16N4O/c1-17(10-4-5-18-7-10)13-11-3-2-9(14)6-12(11)15-8-16-13/h2-3,6,8,10H,4-5,7,14H2,1H3. The summed E-state index contributed by atoms with van der Waals surface area (Å²) in [6.45, 7) is 1.59. The van der Waals surface area contributed by atoms with Crippen LogP contribution < -0.4 is 10.6 Å². The lowest BCUT2D eigenvalue weighted by Gasteiger charge is -2.25. The Balaban J connectivity index is 2.05. The maximum absolute atomic E-state index is 5.78. The molecule has 3 rings (SSSR count). The average Bonchev–Trinajstić information content (AvgIpc) is 2.90. The molecule has 0 radical (unpaired) electrons. The zero-order chi connectivity index (χ0) is 12.5. The van der Waals surface area contributed by atoms with E-state index < -0.39 is 0 Å². The van der Waals surface area contributed by atoms with Crippen LogP contribution in [0.3, 0.4) is 0 Å². The van der Waals surface area contributed by atoms with Crippen molar-refractivity contribution in [1.82, 2.24) is 9.97 Å². The van der Waals surface area contributed by atoms with Crippen molar-refractivity contribution in [2.24, 2.45) is 0 Å². The monoisotopic (exact) mass is 244 g/mol. The minimum absolute atomic E-state index is 0.389. The molecule has 18 heavy (non-hydrogen) atoms. The number of likely N-dealkylation sites (N-methyl/N-ethyl adjacent to an activating group) is 1. The number of nitrogens with zero attached hydrogens (tertiary/aromatic N) is 3. The van der Waals surface area contributed by atoms with Gasteiger partial charge >= 0.3 is 0 Å². The second-order valence-corrected chi connectivity index (χ2v) is 4.60. The summed E-state index contributed by atoms with van der Waals surface area (Å²) in [7, 11) is 2.05. The highest BCUT2D eigenvalue weighted by Gasteiger charge is 2.22. The molecule has 1 saturated heterocycles. The normalized spacial score (nSPS) is 19.3. The fourth-order valence-corrected chi connectivity index (χ4v) is 2.34. The zero-order valence-electron chi connectivity index (χ0n) is 10.3. The molecule has 2 aromatic rings. The Morgan fingerprint density at radius 3 is 3.06 bits per heavy atom. The van der Waals surface area contributed by atoms with Crippen LogP contribution in [0, 0.1) is 0 Å². The highest BCUT2D eigenvalue weighted by Crippen LogP contribution is 2.26. The Morgan fingerprint density at radius 2 is 2.28 bits per heavy atom. The molecule has 0 bridgehead atoms. The Hall–Kier alpha value is -1.88. The molecule has 94 valence electrons. The number of benzene rings is 1. The number of anilines is 2. The lowest BCUT2D eigenvalue weighted by Crippen LogP contribution is -2.32. The Bertz CT molecular complexity index is 566. The van der Waals surface area contributed by atoms with Gasteiger partial charge < -0.3 is 15.4 Å². The van der Waals surface area contributed by atoms with E-state index in [1.54, 1.807) is 6.33 Å². The molecule has 5 heteroatoms. The minimum Gasteiger partial charge on any atom is -0.399 e. The summed E-state index contributed by atoms with van der Waals surface area (Å²) in [6.07, 6.45) is 2.63. The third kappa shape index (κ3) is 1.86. The van der Waals surface area contributed by atoms with E-state index >= 15 is 0 Å². The first-order valence-corrected chi connectivity index (χ1v) is 6.06. The van der Waals surface area contributed by atoms with Gasteiger partial charge in [0.25, 0.3) is 0 Å². The van der Waals surface area contributed by atoms with E-state index in [1.165, 1.54) is 0 Å². The molecule has 1 atom stereocenters. The van der Waals surface area contributed by atoms with Gasteiger partial charge in [-0.2, -0.15) is 0 Å². The number of hydrogen-bond donors (Lipinski definition) is 1. The van der Waals surface area contributed by atoms with Crippen LogP contribution in [0.25, 0.3) is 10.9 Å². The SMILES string of the molecule is CN(c1ncnc2cc(N)ccc12)C1CCOC1. The van der Waals surface area contributed by atoms with Crippen LogP contribution in [0.5, 0.6) is 0 Å². The van der Waals surface area contributed by atoms with E-state index in [-0.39, 0.29) is 0 Å². The summed E-state index contributed by atoms with van der Waals surface area (Å²) in [4.78, 5) is 10.8. The smallest absolute Gasteiger partial charge is 0.139 e. The topological polar surface area (TPSA) is 64.3 Å². The number of fused-ring (bicyclic) bond motifs is 1. The Labute approximate surface area is 106 Å². The Kier molecular flexibility index (Phi) is 2.76. The van der Waals surface area contributed by atoms with Gasteiger partial charge in [0, 0.05) is 24.7 Å². The Morgan fingerprint density at radius 1 is 1.39 bits per heavy atom. The second kappa shape index (κ2) is 4.42. The molecule has 0 amide bonds. The van der Waals surface area contributed by atoms with E-state index in [0.717, 1.165) is 42.0 Å². The summed E-state index contributed by atoms with van der Waals surface area (Å²) in [5.41, 5.74) is 7.38. The van der Waals surface area contributed by atoms with Gasteiger partial charge in [-0.3, -0.25) is 0 Å². The number of hydrogen-bond acceptors (Lipinski definition) is 5. The van der Waals surface area contributed by atoms with Gasteiger partial charge in [-0.15, -0.1) is 0 Å². The maximum Gasteiger partial charge on any atom is 0.139 e. The van der Waals surface area contributed by atoms with Gasteiger partial charge in [-0.05, 0) is 24.6 Å². The van der Waals surface area contributed by atoms with Crippen LogP contribution in [-0.4, -0.2) is 36.3 Å². The van der Waals surface area contributed by atoms with E-state index in [2.05, 4.69) is 21.9 Å². The van der Waals surface area contributed by atoms with Gasteiger partial charge in [0.2, 0.25) is 0 Å². The van der Waals surface area contributed by atoms with Crippen molar-refractivity contribution in [3.8, 4) is 0 Å². The molecule has 1 aromatic heterocycles. The quantitative estimate of drug-likeness (QED) is 0.810. The first kappa shape index (κ1) is 11.2. The van der Waals surface area contributed by atoms with Crippen LogP contribution in [-0.2, 0) is 4.74 Å². The summed E-state index contributed by atoms with van der Waals surface area (Å²) >= 11 is 0. The van der Waals surface area contributed by atoms with Crippen molar-refractivity contribution in [3.63, 3.8) is 0 Å². The fourth-order valence-electron chi connectivity index (χ4n) is 2.34. The first-order valence-electron chi connectivity index (χ1n) is 6.06. The highest BCUT2D eigenvalue weighted by molar-refractivity contribution is 5.91. The molecule has 1 fully saturated rings. The largest absolute Gasteiger partial charge is 0.399 e. The van der Waals surface area contributed by atoms with Crippen molar-refractivity contribution < 1.29 is 4.74 Å². The summed E-state index contributed by atoms with van der Waals surface area (Å²) in [5, 5.41) is 1.03. The number of rotatable bonds is 2. The molecule has 2 N–H and O–H groups in total. The summed E-state index contributed by atoms with van der Waals surface area (Å²) in [5.74, 6) is 0.940. The van der Waals surface area contributed by atoms with Crippen LogP contribution in [0.4, 0.5) is 11.5 Å². The van der Waals surface area contributed by atoms with Crippen LogP contribution in [0.1, 0.15) is 6.42 Å². The van der Waals surface area contributed by atoms with Crippen molar-refractivity contribution >= 4 is 22.4 Å². The molecule has 5 nitrogen and oxygen atoms in total. The predicted octanol–water partition coefficient (Wildman–Crippen LogP) is 1.44. The van der Waals surface area contributed by atoms with Crippen LogP contribution in [0.2, 0.25) is 0 Å². The summed E-state index contributed by atoms with van der Waals surface area (Å²) < 4.78 is 5.43. The van der Waals surface area contributed by atoms with Crippen LogP contribution >= 0.6 is 0 Å². The van der Waals surface area contributed by atoms with Crippen LogP contribution in [0.15, 0.2) is 24.5 Å². The molecule has 0 saturated carbocycles. The second-order valence-electron chi connectivity index (χ2n) is 4.60. The molecular formula is C13H16N4O. The van der Waals surface area contributed by atoms with E-state index in [0.29, 0.717) is 6.04 Å².